The van der Waals surface area contributed by atoms with Crippen molar-refractivity contribution in [3.8, 4) is 5.75 Å². The molecule has 8 heteroatoms. The van der Waals surface area contributed by atoms with Crippen LogP contribution in [0.2, 0.25) is 5.02 Å². The van der Waals surface area contributed by atoms with Crippen molar-refractivity contribution in [2.75, 3.05) is 26.7 Å². The number of halogens is 2. The van der Waals surface area contributed by atoms with Crippen LogP contribution in [0, 0.1) is 5.41 Å². The highest BCUT2D eigenvalue weighted by Gasteiger charge is 2.39. The third-order valence-corrected chi connectivity index (χ3v) is 5.91. The molecular weight excluding hydrogens is 335 g/mol. The van der Waals surface area contributed by atoms with Gasteiger partial charge in [-0.3, -0.25) is 0 Å². The minimum Gasteiger partial charge on any atom is -0.495 e. The number of methoxy groups -OCH3 is 1. The molecule has 0 aliphatic carbocycles. The molecule has 2 rings (SSSR count). The third-order valence-electron chi connectivity index (χ3n) is 3.78. The maximum absolute atomic E-state index is 12.6. The summed E-state index contributed by atoms with van der Waals surface area (Å²) in [5, 5.41) is 0.286. The second-order valence-corrected chi connectivity index (χ2v) is 7.74. The Labute approximate surface area is 136 Å². The van der Waals surface area contributed by atoms with Gasteiger partial charge < -0.3 is 10.5 Å². The summed E-state index contributed by atoms with van der Waals surface area (Å²) in [5.74, 6) is 0.457. The Morgan fingerprint density at radius 1 is 1.48 bits per heavy atom. The smallest absolute Gasteiger partial charge is 0.243 e. The lowest BCUT2D eigenvalue weighted by Crippen LogP contribution is -2.34. The normalized spacial score (nSPS) is 22.9. The number of hydrogen-bond donors (Lipinski definition) is 1. The van der Waals surface area contributed by atoms with Crippen LogP contribution < -0.4 is 10.5 Å². The van der Waals surface area contributed by atoms with E-state index in [0.717, 1.165) is 6.42 Å². The van der Waals surface area contributed by atoms with Crippen LogP contribution in [0.5, 0.6) is 5.75 Å². The predicted octanol–water partition coefficient (Wildman–Crippen LogP) is 2.13. The van der Waals surface area contributed by atoms with Crippen LogP contribution in [0.3, 0.4) is 0 Å². The topological polar surface area (TPSA) is 72.6 Å². The van der Waals surface area contributed by atoms with Gasteiger partial charge in [0.1, 0.15) is 5.75 Å². The largest absolute Gasteiger partial charge is 0.495 e. The van der Waals surface area contributed by atoms with E-state index in [-0.39, 0.29) is 27.7 Å². The highest BCUT2D eigenvalue weighted by Crippen LogP contribution is 2.34. The van der Waals surface area contributed by atoms with Gasteiger partial charge in [0.15, 0.2) is 0 Å². The van der Waals surface area contributed by atoms with Crippen LogP contribution in [0.1, 0.15) is 13.3 Å². The van der Waals surface area contributed by atoms with Gasteiger partial charge >= 0.3 is 0 Å². The molecular formula is C13H20Cl2N2O3S. The maximum Gasteiger partial charge on any atom is 0.243 e. The molecule has 1 aromatic rings. The van der Waals surface area contributed by atoms with Crippen molar-refractivity contribution < 1.29 is 13.2 Å². The van der Waals surface area contributed by atoms with Crippen LogP contribution >= 0.6 is 24.0 Å². The van der Waals surface area contributed by atoms with E-state index in [9.17, 15) is 8.42 Å². The summed E-state index contributed by atoms with van der Waals surface area (Å²) in [6.45, 7) is 3.40. The number of hydrogen-bond acceptors (Lipinski definition) is 4. The van der Waals surface area contributed by atoms with Crippen molar-refractivity contribution in [3.63, 3.8) is 0 Å². The zero-order chi connectivity index (χ0) is 15.0. The van der Waals surface area contributed by atoms with Crippen LogP contribution in [0.4, 0.5) is 0 Å². The van der Waals surface area contributed by atoms with E-state index in [1.165, 1.54) is 23.5 Å². The molecule has 1 saturated heterocycles. The number of benzene rings is 1. The van der Waals surface area contributed by atoms with E-state index in [1.807, 2.05) is 6.92 Å². The minimum atomic E-state index is -3.53. The molecule has 1 heterocycles. The molecule has 120 valence electrons. The number of rotatable bonds is 4. The Morgan fingerprint density at radius 3 is 2.62 bits per heavy atom. The van der Waals surface area contributed by atoms with Gasteiger partial charge in [-0.05, 0) is 36.6 Å². The Bertz CT molecular complexity index is 609. The summed E-state index contributed by atoms with van der Waals surface area (Å²) in [7, 11) is -2.04. The van der Waals surface area contributed by atoms with Gasteiger partial charge in [0.25, 0.3) is 0 Å². The lowest BCUT2D eigenvalue weighted by atomic mass is 9.90. The Hall–Kier alpha value is -0.530. The van der Waals surface area contributed by atoms with E-state index in [2.05, 4.69) is 0 Å². The zero-order valence-corrected chi connectivity index (χ0v) is 14.4. The number of nitrogens with two attached hydrogens (primary N) is 1. The highest BCUT2D eigenvalue weighted by molar-refractivity contribution is 7.89. The predicted molar refractivity (Wildman–Crippen MR) is 85.8 cm³/mol. The first-order valence-corrected chi connectivity index (χ1v) is 8.18. The zero-order valence-electron chi connectivity index (χ0n) is 12.0. The summed E-state index contributed by atoms with van der Waals surface area (Å²) in [5.41, 5.74) is 5.57. The molecule has 5 nitrogen and oxygen atoms in total. The first-order chi connectivity index (χ1) is 9.32. The summed E-state index contributed by atoms with van der Waals surface area (Å²) >= 11 is 6.00. The molecule has 1 aliphatic rings. The molecule has 0 saturated carbocycles. The lowest BCUT2D eigenvalue weighted by molar-refractivity contribution is 0.349. The average Bonchev–Trinajstić information content (AvgIpc) is 2.83. The van der Waals surface area contributed by atoms with E-state index in [1.54, 1.807) is 6.07 Å². The van der Waals surface area contributed by atoms with E-state index in [4.69, 9.17) is 22.1 Å². The van der Waals surface area contributed by atoms with E-state index >= 15 is 0 Å². The number of sulfonamides is 1. The molecule has 0 bridgehead atoms. The summed E-state index contributed by atoms with van der Waals surface area (Å²) in [6.07, 6.45) is 0.770. The molecule has 1 fully saturated rings. The SMILES string of the molecule is COc1ccc(S(=O)(=O)N2CCC(C)(CN)C2)cc1Cl.Cl. The highest BCUT2D eigenvalue weighted by atomic mass is 35.5. The molecule has 1 atom stereocenters. The van der Waals surface area contributed by atoms with Crippen LogP contribution in [-0.4, -0.2) is 39.5 Å². The van der Waals surface area contributed by atoms with Gasteiger partial charge in [-0.25, -0.2) is 8.42 Å². The van der Waals surface area contributed by atoms with Crippen LogP contribution in [0.25, 0.3) is 0 Å². The summed E-state index contributed by atoms with van der Waals surface area (Å²) < 4.78 is 31.7. The molecule has 1 unspecified atom stereocenters. The Morgan fingerprint density at radius 2 is 2.14 bits per heavy atom. The second kappa shape index (κ2) is 6.71. The monoisotopic (exact) mass is 354 g/mol. The molecule has 0 aromatic heterocycles. The average molecular weight is 355 g/mol. The van der Waals surface area contributed by atoms with Gasteiger partial charge in [0.2, 0.25) is 10.0 Å². The summed E-state index contributed by atoms with van der Waals surface area (Å²) in [4.78, 5) is 0.185. The van der Waals surface area contributed by atoms with Crippen molar-refractivity contribution in [3.05, 3.63) is 23.2 Å². The fraction of sp³-hybridized carbons (Fsp3) is 0.538. The summed E-state index contributed by atoms with van der Waals surface area (Å²) in [6, 6.07) is 4.50. The quantitative estimate of drug-likeness (QED) is 0.898. The molecule has 0 radical (unpaired) electrons. The molecule has 0 amide bonds. The fourth-order valence-corrected chi connectivity index (χ4v) is 4.25. The maximum atomic E-state index is 12.6. The van der Waals surface area contributed by atoms with Crippen LogP contribution in [0.15, 0.2) is 23.1 Å². The van der Waals surface area contributed by atoms with Gasteiger partial charge in [0, 0.05) is 13.1 Å². The van der Waals surface area contributed by atoms with Gasteiger partial charge in [-0.15, -0.1) is 12.4 Å². The van der Waals surface area contributed by atoms with Crippen LogP contribution in [-0.2, 0) is 10.0 Å². The van der Waals surface area contributed by atoms with Crippen molar-refractivity contribution in [2.45, 2.75) is 18.2 Å². The molecule has 1 aromatic carbocycles. The fourth-order valence-electron chi connectivity index (χ4n) is 2.31. The van der Waals surface area contributed by atoms with Crippen molar-refractivity contribution in [1.82, 2.24) is 4.31 Å². The number of nitrogens with zero attached hydrogens (tertiary/aromatic N) is 1. The van der Waals surface area contributed by atoms with Gasteiger partial charge in [0.05, 0.1) is 17.0 Å². The first-order valence-electron chi connectivity index (χ1n) is 6.36. The van der Waals surface area contributed by atoms with Crippen molar-refractivity contribution >= 4 is 34.0 Å². The second-order valence-electron chi connectivity index (χ2n) is 5.40. The Balaban J connectivity index is 0.00000220. The van der Waals surface area contributed by atoms with E-state index in [0.29, 0.717) is 25.4 Å². The molecule has 1 aliphatic heterocycles. The third kappa shape index (κ3) is 3.63. The minimum absolute atomic E-state index is 0. The lowest BCUT2D eigenvalue weighted by Gasteiger charge is -2.22. The van der Waals surface area contributed by atoms with Gasteiger partial charge in [-0.2, -0.15) is 4.31 Å². The Kier molecular flexibility index (Phi) is 5.91. The molecule has 21 heavy (non-hydrogen) atoms. The standard InChI is InChI=1S/C13H19ClN2O3S.ClH/c1-13(8-15)5-6-16(9-13)20(17,18)10-3-4-12(19-2)11(14)7-10;/h3-4,7H,5-6,8-9,15H2,1-2H3;1H. The molecule has 0 spiro atoms. The van der Waals surface area contributed by atoms with Crippen molar-refractivity contribution in [2.24, 2.45) is 11.1 Å². The first kappa shape index (κ1) is 18.5. The van der Waals surface area contributed by atoms with Crippen molar-refractivity contribution in [1.29, 1.82) is 0 Å². The van der Waals surface area contributed by atoms with E-state index < -0.39 is 10.0 Å². The van der Waals surface area contributed by atoms with Gasteiger partial charge in [-0.1, -0.05) is 18.5 Å². The number of ether oxygens (including phenoxy) is 1. The molecule has 2 N–H and O–H groups in total.